The summed E-state index contributed by atoms with van der Waals surface area (Å²) >= 11 is 7.11. The van der Waals surface area contributed by atoms with E-state index in [2.05, 4.69) is 46.7 Å². The first-order valence-corrected chi connectivity index (χ1v) is 11.4. The van der Waals surface area contributed by atoms with Crippen molar-refractivity contribution in [3.8, 4) is 17.1 Å². The fourth-order valence-electron chi connectivity index (χ4n) is 2.89. The Labute approximate surface area is 186 Å². The predicted octanol–water partition coefficient (Wildman–Crippen LogP) is 4.36. The Bertz CT molecular complexity index is 1010. The average Bonchev–Trinajstić information content (AvgIpc) is 3.10. The molecular weight excluding hydrogens is 416 g/mol. The minimum absolute atomic E-state index is 0.0874. The number of carbonyl (C=O) groups excluding carboxylic acids is 1. The zero-order valence-corrected chi connectivity index (χ0v) is 18.8. The van der Waals surface area contributed by atoms with Crippen molar-refractivity contribution in [2.75, 3.05) is 18.9 Å². The van der Waals surface area contributed by atoms with Crippen LogP contribution >= 0.6 is 24.0 Å². The van der Waals surface area contributed by atoms with Gasteiger partial charge in [-0.3, -0.25) is 14.5 Å². The second-order valence-electron chi connectivity index (χ2n) is 6.78. The molecule has 0 unspecified atom stereocenters. The van der Waals surface area contributed by atoms with Crippen LogP contribution in [-0.4, -0.2) is 39.6 Å². The van der Waals surface area contributed by atoms with Gasteiger partial charge in [-0.15, -0.1) is 0 Å². The van der Waals surface area contributed by atoms with Gasteiger partial charge >= 0.3 is 0 Å². The summed E-state index contributed by atoms with van der Waals surface area (Å²) < 4.78 is 7.60. The van der Waals surface area contributed by atoms with Crippen molar-refractivity contribution in [1.82, 2.24) is 20.1 Å². The molecule has 0 aliphatic carbocycles. The molecule has 0 bridgehead atoms. The smallest absolute Gasteiger partial charge is 0.240 e. The Hall–Kier alpha value is -2.58. The maximum atomic E-state index is 12.4. The highest BCUT2D eigenvalue weighted by Gasteiger charge is 2.12. The lowest BCUT2D eigenvalue weighted by molar-refractivity contribution is -0.121. The van der Waals surface area contributed by atoms with Gasteiger partial charge in [0.15, 0.2) is 10.6 Å². The topological polar surface area (TPSA) is 71.9 Å². The van der Waals surface area contributed by atoms with Gasteiger partial charge in [0, 0.05) is 23.6 Å². The maximum Gasteiger partial charge on any atom is 0.240 e. The monoisotopic (exact) mass is 442 g/mol. The number of benzene rings is 2. The maximum absolute atomic E-state index is 12.4. The molecule has 0 saturated carbocycles. The van der Waals surface area contributed by atoms with Gasteiger partial charge in [-0.05, 0) is 55.9 Å². The van der Waals surface area contributed by atoms with Crippen molar-refractivity contribution in [3.05, 3.63) is 64.4 Å². The second-order valence-corrected chi connectivity index (χ2v) is 8.28. The number of ether oxygens (including phenoxy) is 1. The highest BCUT2D eigenvalue weighted by molar-refractivity contribution is 7.98. The summed E-state index contributed by atoms with van der Waals surface area (Å²) in [6.07, 6.45) is 0. The molecule has 30 heavy (non-hydrogen) atoms. The number of aryl methyl sites for hydroxylation is 1. The number of nitrogens with one attached hydrogen (secondary N) is 2. The first-order chi connectivity index (χ1) is 14.6. The molecule has 0 atom stereocenters. The molecule has 0 aliphatic rings. The van der Waals surface area contributed by atoms with Crippen molar-refractivity contribution in [2.45, 2.75) is 26.1 Å². The van der Waals surface area contributed by atoms with Crippen LogP contribution in [0.4, 0.5) is 0 Å². The van der Waals surface area contributed by atoms with Crippen LogP contribution in [0.1, 0.15) is 18.1 Å². The van der Waals surface area contributed by atoms with Crippen LogP contribution in [0.5, 0.6) is 5.75 Å². The molecule has 0 fully saturated rings. The summed E-state index contributed by atoms with van der Waals surface area (Å²) in [6, 6.07) is 16.1. The second kappa shape index (κ2) is 11.0. The Kier molecular flexibility index (Phi) is 8.10. The number of aromatic amines is 1. The van der Waals surface area contributed by atoms with Crippen molar-refractivity contribution >= 4 is 29.9 Å². The van der Waals surface area contributed by atoms with Gasteiger partial charge in [-0.2, -0.15) is 16.9 Å². The van der Waals surface area contributed by atoms with Crippen molar-refractivity contribution < 1.29 is 9.53 Å². The number of H-pyrrole nitrogens is 1. The van der Waals surface area contributed by atoms with Gasteiger partial charge in [0.1, 0.15) is 12.3 Å². The van der Waals surface area contributed by atoms with E-state index in [1.165, 1.54) is 11.1 Å². The summed E-state index contributed by atoms with van der Waals surface area (Å²) in [4.78, 5) is 12.4. The lowest BCUT2D eigenvalue weighted by Gasteiger charge is -2.09. The third-order valence-corrected chi connectivity index (χ3v) is 5.78. The third kappa shape index (κ3) is 6.21. The molecule has 6 nitrogen and oxygen atoms in total. The summed E-state index contributed by atoms with van der Waals surface area (Å²) in [7, 11) is 0. The Morgan fingerprint density at radius 2 is 1.93 bits per heavy atom. The molecule has 1 heterocycles. The highest BCUT2D eigenvalue weighted by atomic mass is 32.2. The van der Waals surface area contributed by atoms with Gasteiger partial charge in [-0.1, -0.05) is 29.8 Å². The van der Waals surface area contributed by atoms with E-state index in [-0.39, 0.29) is 12.5 Å². The molecule has 1 amide bonds. The largest absolute Gasteiger partial charge is 0.494 e. The minimum Gasteiger partial charge on any atom is -0.494 e. The van der Waals surface area contributed by atoms with Gasteiger partial charge in [0.05, 0.1) is 6.61 Å². The molecule has 158 valence electrons. The van der Waals surface area contributed by atoms with E-state index in [0.717, 1.165) is 22.8 Å². The molecule has 2 aromatic carbocycles. The number of rotatable bonds is 10. The number of hydrogen-bond donors (Lipinski definition) is 2. The van der Waals surface area contributed by atoms with Crippen LogP contribution < -0.4 is 10.1 Å². The number of amides is 1. The Balaban J connectivity index is 1.49. The van der Waals surface area contributed by atoms with Crippen LogP contribution in [0.3, 0.4) is 0 Å². The number of thioether (sulfide) groups is 1. The lowest BCUT2D eigenvalue weighted by Crippen LogP contribution is -2.29. The van der Waals surface area contributed by atoms with Crippen LogP contribution in [-0.2, 0) is 17.1 Å². The van der Waals surface area contributed by atoms with E-state index >= 15 is 0 Å². The normalized spacial score (nSPS) is 10.7. The SMILES string of the molecule is CCOc1ccc(-c2n[nH]c(=S)n2CC(=O)NCCSCc2ccc(C)cc2)cc1. The summed E-state index contributed by atoms with van der Waals surface area (Å²) in [5, 5.41) is 10.0. The van der Waals surface area contributed by atoms with Gasteiger partial charge < -0.3 is 10.1 Å². The number of hydrogen-bond acceptors (Lipinski definition) is 5. The van der Waals surface area contributed by atoms with Crippen molar-refractivity contribution in [3.63, 3.8) is 0 Å². The van der Waals surface area contributed by atoms with Gasteiger partial charge in [0.25, 0.3) is 0 Å². The number of carbonyl (C=O) groups is 1. The molecule has 0 radical (unpaired) electrons. The van der Waals surface area contributed by atoms with E-state index < -0.39 is 0 Å². The fraction of sp³-hybridized carbons (Fsp3) is 0.318. The summed E-state index contributed by atoms with van der Waals surface area (Å²) in [5.74, 6) is 3.12. The first-order valence-electron chi connectivity index (χ1n) is 9.85. The third-order valence-electron chi connectivity index (χ3n) is 4.44. The van der Waals surface area contributed by atoms with E-state index in [1.807, 2.05) is 31.2 Å². The van der Waals surface area contributed by atoms with E-state index in [1.54, 1.807) is 16.3 Å². The molecule has 8 heteroatoms. The quantitative estimate of drug-likeness (QED) is 0.360. The molecule has 0 spiro atoms. The molecular formula is C22H26N4O2S2. The zero-order chi connectivity index (χ0) is 21.3. The summed E-state index contributed by atoms with van der Waals surface area (Å²) in [6.45, 7) is 5.37. The minimum atomic E-state index is -0.0874. The predicted molar refractivity (Wildman–Crippen MR) is 124 cm³/mol. The van der Waals surface area contributed by atoms with Gasteiger partial charge in [-0.25, -0.2) is 0 Å². The molecule has 2 N–H and O–H groups in total. The Morgan fingerprint density at radius 3 is 2.63 bits per heavy atom. The number of nitrogens with zero attached hydrogens (tertiary/aromatic N) is 2. The fourth-order valence-corrected chi connectivity index (χ4v) is 3.90. The first kappa shape index (κ1) is 22.1. The zero-order valence-electron chi connectivity index (χ0n) is 17.2. The van der Waals surface area contributed by atoms with Gasteiger partial charge in [0.2, 0.25) is 5.91 Å². The van der Waals surface area contributed by atoms with Crippen molar-refractivity contribution in [2.24, 2.45) is 0 Å². The molecule has 0 saturated heterocycles. The van der Waals surface area contributed by atoms with E-state index in [4.69, 9.17) is 17.0 Å². The molecule has 3 aromatic rings. The van der Waals surface area contributed by atoms with Crippen LogP contribution in [0.25, 0.3) is 11.4 Å². The Morgan fingerprint density at radius 1 is 1.20 bits per heavy atom. The highest BCUT2D eigenvalue weighted by Crippen LogP contribution is 2.21. The van der Waals surface area contributed by atoms with E-state index in [9.17, 15) is 4.79 Å². The molecule has 1 aromatic heterocycles. The van der Waals surface area contributed by atoms with Crippen LogP contribution in [0.15, 0.2) is 48.5 Å². The van der Waals surface area contributed by atoms with Crippen LogP contribution in [0.2, 0.25) is 0 Å². The lowest BCUT2D eigenvalue weighted by atomic mass is 10.2. The summed E-state index contributed by atoms with van der Waals surface area (Å²) in [5.41, 5.74) is 3.42. The molecule has 0 aliphatic heterocycles. The average molecular weight is 443 g/mol. The van der Waals surface area contributed by atoms with Crippen LogP contribution in [0, 0.1) is 11.7 Å². The van der Waals surface area contributed by atoms with Crippen molar-refractivity contribution in [1.29, 1.82) is 0 Å². The standard InChI is InChI=1S/C22H26N4O2S2/c1-3-28-19-10-8-18(9-11-19)21-24-25-22(29)26(21)14-20(27)23-12-13-30-15-17-6-4-16(2)5-7-17/h4-11H,3,12-15H2,1-2H3,(H,23,27)(H,25,29). The van der Waals surface area contributed by atoms with E-state index in [0.29, 0.717) is 23.7 Å². The molecule has 3 rings (SSSR count). The number of aromatic nitrogens is 3.